The number of carbonyl (C=O) groups is 1. The third-order valence-corrected chi connectivity index (χ3v) is 5.90. The van der Waals surface area contributed by atoms with Gasteiger partial charge in [-0.1, -0.05) is 37.3 Å². The summed E-state index contributed by atoms with van der Waals surface area (Å²) in [5, 5.41) is 15.2. The number of aromatic nitrogens is 4. The average Bonchev–Trinajstić information content (AvgIpc) is 3.40. The molecule has 1 saturated heterocycles. The Hall–Kier alpha value is -2.28. The molecule has 2 aliphatic rings. The van der Waals surface area contributed by atoms with E-state index in [1.165, 1.54) is 5.56 Å². The van der Waals surface area contributed by atoms with Crippen molar-refractivity contribution in [3.05, 3.63) is 41.7 Å². The number of likely N-dealkylation sites (tertiary alicyclic amines) is 1. The normalized spacial score (nSPS) is 21.0. The Labute approximate surface area is 160 Å². The highest BCUT2D eigenvalue weighted by atomic mass is 16.2. The van der Waals surface area contributed by atoms with E-state index in [0.717, 1.165) is 51.1 Å². The van der Waals surface area contributed by atoms with Crippen LogP contribution >= 0.6 is 0 Å². The number of nitrogens with zero attached hydrogens (tertiary/aromatic N) is 5. The van der Waals surface area contributed by atoms with Crippen LogP contribution in [0.2, 0.25) is 0 Å². The fourth-order valence-electron chi connectivity index (χ4n) is 3.77. The standard InChI is InChI=1S/C20H28N6O/c1-15(18-22-23-24-26(18)17-8-9-17)21-19(27)20(2)10-12-25(13-11-20)14-16-6-4-3-5-7-16/h3-7,15,17H,8-14H2,1-2H3,(H,21,27). The number of hydrogen-bond acceptors (Lipinski definition) is 5. The van der Waals surface area contributed by atoms with E-state index >= 15 is 0 Å². The Morgan fingerprint density at radius 1 is 1.26 bits per heavy atom. The third-order valence-electron chi connectivity index (χ3n) is 5.90. The Bertz CT molecular complexity index is 777. The first-order chi connectivity index (χ1) is 13.0. The summed E-state index contributed by atoms with van der Waals surface area (Å²) in [7, 11) is 0. The maximum absolute atomic E-state index is 13.0. The molecule has 1 aromatic heterocycles. The van der Waals surface area contributed by atoms with E-state index in [1.807, 2.05) is 17.7 Å². The van der Waals surface area contributed by atoms with Gasteiger partial charge in [0.25, 0.3) is 0 Å². The summed E-state index contributed by atoms with van der Waals surface area (Å²) in [5.74, 6) is 0.871. The highest BCUT2D eigenvalue weighted by molar-refractivity contribution is 5.82. The van der Waals surface area contributed by atoms with Crippen LogP contribution in [0.3, 0.4) is 0 Å². The second-order valence-corrected chi connectivity index (χ2v) is 8.23. The molecule has 4 rings (SSSR count). The molecule has 0 radical (unpaired) electrons. The Morgan fingerprint density at radius 3 is 2.63 bits per heavy atom. The summed E-state index contributed by atoms with van der Waals surface area (Å²) in [5.41, 5.74) is 0.991. The van der Waals surface area contributed by atoms with E-state index in [0.29, 0.717) is 6.04 Å². The van der Waals surface area contributed by atoms with Crippen LogP contribution in [-0.4, -0.2) is 44.1 Å². The van der Waals surface area contributed by atoms with Crippen LogP contribution in [-0.2, 0) is 11.3 Å². The molecule has 27 heavy (non-hydrogen) atoms. The second-order valence-electron chi connectivity index (χ2n) is 8.23. The molecule has 1 saturated carbocycles. The van der Waals surface area contributed by atoms with E-state index in [9.17, 15) is 4.79 Å². The number of hydrogen-bond donors (Lipinski definition) is 1. The minimum absolute atomic E-state index is 0.111. The molecule has 1 aliphatic carbocycles. The van der Waals surface area contributed by atoms with Gasteiger partial charge in [0.05, 0.1) is 12.1 Å². The van der Waals surface area contributed by atoms with Crippen LogP contribution in [0.4, 0.5) is 0 Å². The highest BCUT2D eigenvalue weighted by Crippen LogP contribution is 2.36. The van der Waals surface area contributed by atoms with Gasteiger partial charge in [0.2, 0.25) is 5.91 Å². The fourth-order valence-corrected chi connectivity index (χ4v) is 3.77. The van der Waals surface area contributed by atoms with E-state index in [2.05, 4.69) is 56.9 Å². The van der Waals surface area contributed by atoms with Gasteiger partial charge in [-0.2, -0.15) is 0 Å². The predicted molar refractivity (Wildman–Crippen MR) is 102 cm³/mol. The molecule has 1 atom stereocenters. The van der Waals surface area contributed by atoms with E-state index < -0.39 is 0 Å². The van der Waals surface area contributed by atoms with Crippen LogP contribution in [0.15, 0.2) is 30.3 Å². The van der Waals surface area contributed by atoms with Gasteiger partial charge in [-0.25, -0.2) is 4.68 Å². The zero-order valence-electron chi connectivity index (χ0n) is 16.1. The zero-order valence-corrected chi connectivity index (χ0v) is 16.1. The molecular formula is C20H28N6O. The molecule has 1 aliphatic heterocycles. The van der Waals surface area contributed by atoms with Crippen molar-refractivity contribution in [1.29, 1.82) is 0 Å². The first kappa shape index (κ1) is 18.1. The summed E-state index contributed by atoms with van der Waals surface area (Å²) in [6, 6.07) is 10.7. The van der Waals surface area contributed by atoms with Crippen LogP contribution in [0.1, 0.15) is 63.0 Å². The van der Waals surface area contributed by atoms with Crippen molar-refractivity contribution in [1.82, 2.24) is 30.4 Å². The molecule has 0 bridgehead atoms. The molecule has 2 aromatic rings. The number of piperidine rings is 1. The summed E-state index contributed by atoms with van der Waals surface area (Å²) in [4.78, 5) is 15.4. The number of rotatable bonds is 6. The van der Waals surface area contributed by atoms with Crippen molar-refractivity contribution < 1.29 is 4.79 Å². The number of tetrazole rings is 1. The SMILES string of the molecule is CC(NC(=O)C1(C)CCN(Cc2ccccc2)CC1)c1nnnn1C1CC1. The number of nitrogens with one attached hydrogen (secondary N) is 1. The van der Waals surface area contributed by atoms with Gasteiger partial charge in [0, 0.05) is 12.0 Å². The molecule has 1 amide bonds. The van der Waals surface area contributed by atoms with Gasteiger partial charge < -0.3 is 5.32 Å². The molecular weight excluding hydrogens is 340 g/mol. The van der Waals surface area contributed by atoms with Crippen molar-refractivity contribution in [2.75, 3.05) is 13.1 Å². The lowest BCUT2D eigenvalue weighted by molar-refractivity contribution is -0.133. The summed E-state index contributed by atoms with van der Waals surface area (Å²) in [6.45, 7) is 6.88. The van der Waals surface area contributed by atoms with Crippen molar-refractivity contribution in [3.8, 4) is 0 Å². The lowest BCUT2D eigenvalue weighted by Crippen LogP contribution is -2.47. The van der Waals surface area contributed by atoms with Crippen molar-refractivity contribution in [2.24, 2.45) is 5.41 Å². The molecule has 2 heterocycles. The maximum atomic E-state index is 13.0. The molecule has 144 valence electrons. The van der Waals surface area contributed by atoms with Gasteiger partial charge >= 0.3 is 0 Å². The number of carbonyl (C=O) groups excluding carboxylic acids is 1. The molecule has 7 heteroatoms. The van der Waals surface area contributed by atoms with Crippen LogP contribution in [0.25, 0.3) is 0 Å². The van der Waals surface area contributed by atoms with Crippen LogP contribution in [0.5, 0.6) is 0 Å². The van der Waals surface area contributed by atoms with E-state index in [4.69, 9.17) is 0 Å². The smallest absolute Gasteiger partial charge is 0.226 e. The van der Waals surface area contributed by atoms with Crippen molar-refractivity contribution in [2.45, 2.75) is 58.2 Å². The van der Waals surface area contributed by atoms with E-state index in [1.54, 1.807) is 0 Å². The third kappa shape index (κ3) is 4.03. The molecule has 1 N–H and O–H groups in total. The number of benzene rings is 1. The Morgan fingerprint density at radius 2 is 1.96 bits per heavy atom. The average molecular weight is 368 g/mol. The van der Waals surface area contributed by atoms with Gasteiger partial charge in [0.15, 0.2) is 5.82 Å². The van der Waals surface area contributed by atoms with Gasteiger partial charge in [-0.15, -0.1) is 5.10 Å². The van der Waals surface area contributed by atoms with Crippen molar-refractivity contribution in [3.63, 3.8) is 0 Å². The fraction of sp³-hybridized carbons (Fsp3) is 0.600. The maximum Gasteiger partial charge on any atom is 0.226 e. The van der Waals surface area contributed by atoms with Crippen LogP contribution < -0.4 is 5.32 Å². The summed E-state index contributed by atoms with van der Waals surface area (Å²) >= 11 is 0. The Kier molecular flexibility index (Phi) is 4.95. The first-order valence-corrected chi connectivity index (χ1v) is 9.90. The molecule has 2 fully saturated rings. The Balaban J connectivity index is 1.33. The minimum atomic E-state index is -0.334. The lowest BCUT2D eigenvalue weighted by Gasteiger charge is -2.38. The highest BCUT2D eigenvalue weighted by Gasteiger charge is 2.38. The number of amides is 1. The van der Waals surface area contributed by atoms with E-state index in [-0.39, 0.29) is 17.4 Å². The lowest BCUT2D eigenvalue weighted by atomic mass is 9.79. The topological polar surface area (TPSA) is 75.9 Å². The summed E-state index contributed by atoms with van der Waals surface area (Å²) in [6.07, 6.45) is 3.97. The minimum Gasteiger partial charge on any atom is -0.346 e. The zero-order chi connectivity index (χ0) is 18.9. The molecule has 0 spiro atoms. The monoisotopic (exact) mass is 368 g/mol. The molecule has 1 unspecified atom stereocenters. The van der Waals surface area contributed by atoms with Gasteiger partial charge in [-0.3, -0.25) is 9.69 Å². The van der Waals surface area contributed by atoms with Gasteiger partial charge in [0.1, 0.15) is 0 Å². The largest absolute Gasteiger partial charge is 0.346 e. The predicted octanol–water partition coefficient (Wildman–Crippen LogP) is 2.49. The first-order valence-electron chi connectivity index (χ1n) is 9.90. The molecule has 1 aromatic carbocycles. The second kappa shape index (κ2) is 7.38. The van der Waals surface area contributed by atoms with Crippen LogP contribution in [0, 0.1) is 5.41 Å². The quantitative estimate of drug-likeness (QED) is 0.848. The van der Waals surface area contributed by atoms with Gasteiger partial charge in [-0.05, 0) is 61.7 Å². The summed E-state index contributed by atoms with van der Waals surface area (Å²) < 4.78 is 1.87. The molecule has 7 nitrogen and oxygen atoms in total. The van der Waals surface area contributed by atoms with Crippen molar-refractivity contribution >= 4 is 5.91 Å².